The van der Waals surface area contributed by atoms with Crippen LogP contribution in [-0.4, -0.2) is 5.96 Å². The van der Waals surface area contributed by atoms with Gasteiger partial charge < -0.3 is 10.6 Å². The zero-order chi connectivity index (χ0) is 16.0. The van der Waals surface area contributed by atoms with Crippen LogP contribution in [0, 0.1) is 13.8 Å². The molecule has 3 nitrogen and oxygen atoms in total. The SMILES string of the molecule is Cc1ccc(C)c(N=C(N)N2Cc3cccc4cccc2c34)c1. The maximum atomic E-state index is 6.36. The fourth-order valence-electron chi connectivity index (χ4n) is 3.24. The van der Waals surface area contributed by atoms with Crippen molar-refractivity contribution >= 4 is 28.1 Å². The lowest BCUT2D eigenvalue weighted by molar-refractivity contribution is 1.04. The number of aryl methyl sites for hydroxylation is 2. The molecule has 0 saturated heterocycles. The van der Waals surface area contributed by atoms with Gasteiger partial charge >= 0.3 is 0 Å². The minimum Gasteiger partial charge on any atom is -0.369 e. The van der Waals surface area contributed by atoms with E-state index in [0.717, 1.165) is 23.5 Å². The Bertz CT molecular complexity index is 936. The van der Waals surface area contributed by atoms with Crippen molar-refractivity contribution in [2.24, 2.45) is 10.7 Å². The first-order valence-corrected chi connectivity index (χ1v) is 7.83. The Morgan fingerprint density at radius 3 is 2.65 bits per heavy atom. The first-order valence-electron chi connectivity index (χ1n) is 7.83. The van der Waals surface area contributed by atoms with E-state index < -0.39 is 0 Å². The van der Waals surface area contributed by atoms with Gasteiger partial charge in [-0.15, -0.1) is 0 Å². The van der Waals surface area contributed by atoms with Crippen LogP contribution in [0.1, 0.15) is 16.7 Å². The highest BCUT2D eigenvalue weighted by Gasteiger charge is 2.23. The van der Waals surface area contributed by atoms with Crippen molar-refractivity contribution < 1.29 is 0 Å². The smallest absolute Gasteiger partial charge is 0.201 e. The van der Waals surface area contributed by atoms with Crippen LogP contribution >= 0.6 is 0 Å². The maximum Gasteiger partial charge on any atom is 0.201 e. The van der Waals surface area contributed by atoms with Crippen LogP contribution in [0.25, 0.3) is 10.8 Å². The molecule has 1 aliphatic heterocycles. The molecule has 0 amide bonds. The molecule has 0 radical (unpaired) electrons. The molecular weight excluding hydrogens is 282 g/mol. The molecule has 3 aromatic carbocycles. The summed E-state index contributed by atoms with van der Waals surface area (Å²) in [6.45, 7) is 4.91. The summed E-state index contributed by atoms with van der Waals surface area (Å²) in [6, 6.07) is 19.0. The van der Waals surface area contributed by atoms with Gasteiger partial charge in [-0.25, -0.2) is 4.99 Å². The van der Waals surface area contributed by atoms with Gasteiger partial charge in [0.2, 0.25) is 5.96 Å². The fourth-order valence-corrected chi connectivity index (χ4v) is 3.24. The molecule has 23 heavy (non-hydrogen) atoms. The van der Waals surface area contributed by atoms with Gasteiger partial charge in [0.05, 0.1) is 17.9 Å². The Morgan fingerprint density at radius 2 is 1.83 bits per heavy atom. The first-order chi connectivity index (χ1) is 11.1. The molecule has 0 bridgehead atoms. The highest BCUT2D eigenvalue weighted by Crippen LogP contribution is 2.37. The number of benzene rings is 3. The average Bonchev–Trinajstić information content (AvgIpc) is 2.92. The van der Waals surface area contributed by atoms with Gasteiger partial charge in [0, 0.05) is 5.39 Å². The van der Waals surface area contributed by atoms with Crippen molar-refractivity contribution in [2.45, 2.75) is 20.4 Å². The van der Waals surface area contributed by atoms with E-state index in [2.05, 4.69) is 73.3 Å². The van der Waals surface area contributed by atoms with Crippen LogP contribution in [0.5, 0.6) is 0 Å². The topological polar surface area (TPSA) is 41.6 Å². The molecule has 114 valence electrons. The summed E-state index contributed by atoms with van der Waals surface area (Å²) in [5.74, 6) is 0.544. The van der Waals surface area contributed by atoms with Crippen LogP contribution in [0.15, 0.2) is 59.6 Å². The fraction of sp³-hybridized carbons (Fsp3) is 0.150. The Labute approximate surface area is 136 Å². The molecule has 3 heteroatoms. The normalized spacial score (nSPS) is 13.8. The van der Waals surface area contributed by atoms with E-state index in [1.165, 1.54) is 21.9 Å². The van der Waals surface area contributed by atoms with Crippen molar-refractivity contribution in [1.29, 1.82) is 0 Å². The zero-order valence-corrected chi connectivity index (χ0v) is 13.4. The summed E-state index contributed by atoms with van der Waals surface area (Å²) < 4.78 is 0. The van der Waals surface area contributed by atoms with E-state index in [0.29, 0.717) is 5.96 Å². The number of rotatable bonds is 1. The Balaban J connectivity index is 1.80. The van der Waals surface area contributed by atoms with Crippen LogP contribution < -0.4 is 10.6 Å². The minimum absolute atomic E-state index is 0.544. The highest BCUT2D eigenvalue weighted by molar-refractivity contribution is 6.09. The predicted molar refractivity (Wildman–Crippen MR) is 97.3 cm³/mol. The molecule has 0 saturated carbocycles. The third kappa shape index (κ3) is 2.25. The Morgan fingerprint density at radius 1 is 1.04 bits per heavy atom. The van der Waals surface area contributed by atoms with Gasteiger partial charge in [0.15, 0.2) is 0 Å². The van der Waals surface area contributed by atoms with Gasteiger partial charge in [-0.05, 0) is 48.1 Å². The van der Waals surface area contributed by atoms with Gasteiger partial charge in [0.25, 0.3) is 0 Å². The molecular formula is C20H19N3. The summed E-state index contributed by atoms with van der Waals surface area (Å²) in [7, 11) is 0. The largest absolute Gasteiger partial charge is 0.369 e. The van der Waals surface area contributed by atoms with Crippen molar-refractivity contribution in [3.8, 4) is 0 Å². The third-order valence-electron chi connectivity index (χ3n) is 4.46. The predicted octanol–water partition coefficient (Wildman–Crippen LogP) is 4.42. The van der Waals surface area contributed by atoms with E-state index in [1.54, 1.807) is 0 Å². The van der Waals surface area contributed by atoms with Crippen LogP contribution in [0.4, 0.5) is 11.4 Å². The summed E-state index contributed by atoms with van der Waals surface area (Å²) in [5.41, 5.74) is 12.1. The molecule has 4 rings (SSSR count). The van der Waals surface area contributed by atoms with Crippen molar-refractivity contribution in [3.05, 3.63) is 71.3 Å². The molecule has 0 spiro atoms. The number of hydrogen-bond donors (Lipinski definition) is 1. The first kappa shape index (κ1) is 13.8. The summed E-state index contributed by atoms with van der Waals surface area (Å²) >= 11 is 0. The second-order valence-corrected chi connectivity index (χ2v) is 6.14. The molecule has 0 unspecified atom stereocenters. The Hall–Kier alpha value is -2.81. The summed E-state index contributed by atoms with van der Waals surface area (Å²) in [6.07, 6.45) is 0. The maximum absolute atomic E-state index is 6.36. The third-order valence-corrected chi connectivity index (χ3v) is 4.46. The lowest BCUT2D eigenvalue weighted by Gasteiger charge is -2.18. The second-order valence-electron chi connectivity index (χ2n) is 6.14. The van der Waals surface area contributed by atoms with E-state index in [1.807, 2.05) is 0 Å². The standard InChI is InChI=1S/C20H19N3/c1-13-9-10-14(2)17(11-13)22-20(21)23-12-16-7-3-5-15-6-4-8-18(23)19(15)16/h3-11H,12H2,1-2H3,(H2,21,22). The molecule has 2 N–H and O–H groups in total. The van der Waals surface area contributed by atoms with Crippen LogP contribution in [0.3, 0.4) is 0 Å². The number of guanidine groups is 1. The summed E-state index contributed by atoms with van der Waals surface area (Å²) in [5, 5.41) is 2.54. The van der Waals surface area contributed by atoms with Crippen LogP contribution in [-0.2, 0) is 6.54 Å². The number of hydrogen-bond acceptors (Lipinski definition) is 1. The highest BCUT2D eigenvalue weighted by atomic mass is 15.3. The Kier molecular flexibility index (Phi) is 3.08. The molecule has 3 aromatic rings. The van der Waals surface area contributed by atoms with E-state index >= 15 is 0 Å². The van der Waals surface area contributed by atoms with E-state index in [-0.39, 0.29) is 0 Å². The molecule has 0 aliphatic carbocycles. The quantitative estimate of drug-likeness (QED) is 0.534. The molecule has 0 atom stereocenters. The number of nitrogens with two attached hydrogens (primary N) is 1. The molecule has 1 heterocycles. The monoisotopic (exact) mass is 301 g/mol. The molecule has 0 aromatic heterocycles. The second kappa shape index (κ2) is 5.13. The van der Waals surface area contributed by atoms with Crippen molar-refractivity contribution in [1.82, 2.24) is 0 Å². The van der Waals surface area contributed by atoms with Gasteiger partial charge in [-0.3, -0.25) is 0 Å². The van der Waals surface area contributed by atoms with Gasteiger partial charge in [-0.1, -0.05) is 42.5 Å². The summed E-state index contributed by atoms with van der Waals surface area (Å²) in [4.78, 5) is 6.79. The van der Waals surface area contributed by atoms with Crippen molar-refractivity contribution in [2.75, 3.05) is 4.90 Å². The zero-order valence-electron chi connectivity index (χ0n) is 13.4. The van der Waals surface area contributed by atoms with Crippen molar-refractivity contribution in [3.63, 3.8) is 0 Å². The lowest BCUT2D eigenvalue weighted by atomic mass is 10.1. The molecule has 1 aliphatic rings. The number of anilines is 1. The molecule has 0 fully saturated rings. The number of nitrogens with zero attached hydrogens (tertiary/aromatic N) is 2. The van der Waals surface area contributed by atoms with E-state index in [4.69, 9.17) is 10.7 Å². The van der Waals surface area contributed by atoms with Gasteiger partial charge in [-0.2, -0.15) is 0 Å². The number of aliphatic imine (C=N–C) groups is 1. The van der Waals surface area contributed by atoms with Crippen LogP contribution in [0.2, 0.25) is 0 Å². The lowest BCUT2D eigenvalue weighted by Crippen LogP contribution is -2.34. The minimum atomic E-state index is 0.544. The van der Waals surface area contributed by atoms with E-state index in [9.17, 15) is 0 Å². The van der Waals surface area contributed by atoms with Gasteiger partial charge in [0.1, 0.15) is 0 Å². The average molecular weight is 301 g/mol.